The number of nitro groups is 1. The van der Waals surface area contributed by atoms with Crippen molar-refractivity contribution >= 4 is 11.4 Å². The highest BCUT2D eigenvalue weighted by Crippen LogP contribution is 2.32. The zero-order valence-electron chi connectivity index (χ0n) is 13.6. The van der Waals surface area contributed by atoms with Crippen molar-refractivity contribution in [2.24, 2.45) is 0 Å². The number of non-ortho nitro benzene ring substituents is 1. The van der Waals surface area contributed by atoms with Crippen molar-refractivity contribution in [2.45, 2.75) is 26.1 Å². The Balaban J connectivity index is 1.85. The fraction of sp³-hybridized carbons (Fsp3) is 0.333. The second-order valence-electron chi connectivity index (χ2n) is 6.12. The quantitative estimate of drug-likeness (QED) is 0.630. The molecule has 24 heavy (non-hydrogen) atoms. The van der Waals surface area contributed by atoms with Crippen molar-refractivity contribution in [1.29, 1.82) is 0 Å². The van der Waals surface area contributed by atoms with Gasteiger partial charge in [-0.05, 0) is 43.2 Å². The smallest absolute Gasteiger partial charge is 0.269 e. The highest BCUT2D eigenvalue weighted by atomic mass is 19.1. The Labute approximate surface area is 139 Å². The monoisotopic (exact) mass is 330 g/mol. The minimum atomic E-state index is -0.389. The normalized spacial score (nSPS) is 20.9. The first-order valence-corrected chi connectivity index (χ1v) is 7.85. The molecule has 1 saturated heterocycles. The maximum atomic E-state index is 13.1. The Bertz CT molecular complexity index is 748. The number of benzene rings is 2. The third-order valence-corrected chi connectivity index (χ3v) is 4.23. The largest absolute Gasteiger partial charge is 0.367 e. The molecule has 0 saturated carbocycles. The lowest BCUT2D eigenvalue weighted by Crippen LogP contribution is -2.43. The zero-order valence-corrected chi connectivity index (χ0v) is 13.6. The standard InChI is InChI=1S/C18H19FN2O3/c1-12-9-16(21(22)23)7-8-17(12)20-10-13(2)24-18(11-20)14-3-5-15(19)6-4-14/h3-9,13,18H,10-11H2,1-2H3. The summed E-state index contributed by atoms with van der Waals surface area (Å²) in [5, 5.41) is 10.9. The van der Waals surface area contributed by atoms with Gasteiger partial charge in [0.2, 0.25) is 0 Å². The molecule has 1 heterocycles. The van der Waals surface area contributed by atoms with Crippen molar-refractivity contribution < 1.29 is 14.1 Å². The molecular formula is C18H19FN2O3. The van der Waals surface area contributed by atoms with Crippen LogP contribution in [0.25, 0.3) is 0 Å². The number of aryl methyl sites for hydroxylation is 1. The highest BCUT2D eigenvalue weighted by Gasteiger charge is 2.27. The van der Waals surface area contributed by atoms with Crippen LogP contribution in [0.3, 0.4) is 0 Å². The van der Waals surface area contributed by atoms with E-state index < -0.39 is 0 Å². The van der Waals surface area contributed by atoms with E-state index in [1.165, 1.54) is 18.2 Å². The lowest BCUT2D eigenvalue weighted by atomic mass is 10.0. The maximum Gasteiger partial charge on any atom is 0.269 e. The Kier molecular flexibility index (Phi) is 4.49. The maximum absolute atomic E-state index is 13.1. The van der Waals surface area contributed by atoms with Crippen LogP contribution in [-0.2, 0) is 4.74 Å². The van der Waals surface area contributed by atoms with Crippen LogP contribution in [0.2, 0.25) is 0 Å². The summed E-state index contributed by atoms with van der Waals surface area (Å²) in [6.45, 7) is 5.18. The van der Waals surface area contributed by atoms with Crippen molar-refractivity contribution in [3.05, 3.63) is 69.5 Å². The number of morpholine rings is 1. The molecule has 0 spiro atoms. The van der Waals surface area contributed by atoms with E-state index >= 15 is 0 Å². The van der Waals surface area contributed by atoms with E-state index in [2.05, 4.69) is 4.90 Å². The van der Waals surface area contributed by atoms with Crippen LogP contribution in [-0.4, -0.2) is 24.1 Å². The van der Waals surface area contributed by atoms with Gasteiger partial charge >= 0.3 is 0 Å². The number of hydrogen-bond donors (Lipinski definition) is 0. The van der Waals surface area contributed by atoms with Gasteiger partial charge in [-0.3, -0.25) is 10.1 Å². The van der Waals surface area contributed by atoms with Crippen LogP contribution in [0.5, 0.6) is 0 Å². The average Bonchev–Trinajstić information content (AvgIpc) is 2.54. The van der Waals surface area contributed by atoms with Gasteiger partial charge in [-0.2, -0.15) is 0 Å². The Morgan fingerprint density at radius 3 is 2.54 bits per heavy atom. The molecule has 6 heteroatoms. The van der Waals surface area contributed by atoms with Crippen LogP contribution in [0.15, 0.2) is 42.5 Å². The molecule has 0 aromatic heterocycles. The second kappa shape index (κ2) is 6.57. The number of hydrogen-bond acceptors (Lipinski definition) is 4. The van der Waals surface area contributed by atoms with Crippen LogP contribution in [0.4, 0.5) is 15.8 Å². The molecule has 5 nitrogen and oxygen atoms in total. The highest BCUT2D eigenvalue weighted by molar-refractivity contribution is 5.58. The molecule has 2 unspecified atom stereocenters. The van der Waals surface area contributed by atoms with E-state index in [4.69, 9.17) is 4.74 Å². The summed E-state index contributed by atoms with van der Waals surface area (Å²) in [5.41, 5.74) is 2.83. The predicted molar refractivity (Wildman–Crippen MR) is 89.7 cm³/mol. The van der Waals surface area contributed by atoms with Gasteiger partial charge in [0.25, 0.3) is 5.69 Å². The number of ether oxygens (including phenoxy) is 1. The summed E-state index contributed by atoms with van der Waals surface area (Å²) in [4.78, 5) is 12.7. The van der Waals surface area contributed by atoms with Gasteiger partial charge < -0.3 is 9.64 Å². The fourth-order valence-corrected chi connectivity index (χ4v) is 3.12. The first kappa shape index (κ1) is 16.4. The molecule has 1 fully saturated rings. The summed E-state index contributed by atoms with van der Waals surface area (Å²) >= 11 is 0. The summed E-state index contributed by atoms with van der Waals surface area (Å²) < 4.78 is 19.1. The summed E-state index contributed by atoms with van der Waals surface area (Å²) in [6, 6.07) is 11.2. The van der Waals surface area contributed by atoms with Gasteiger partial charge in [0, 0.05) is 30.9 Å². The van der Waals surface area contributed by atoms with Gasteiger partial charge in [-0.1, -0.05) is 12.1 Å². The molecule has 0 aliphatic carbocycles. The molecule has 2 aromatic rings. The van der Waals surface area contributed by atoms with E-state index in [1.807, 2.05) is 13.8 Å². The van der Waals surface area contributed by atoms with Crippen LogP contribution in [0.1, 0.15) is 24.2 Å². The molecule has 3 rings (SSSR count). The Morgan fingerprint density at radius 2 is 1.92 bits per heavy atom. The second-order valence-corrected chi connectivity index (χ2v) is 6.12. The van der Waals surface area contributed by atoms with E-state index in [0.29, 0.717) is 13.1 Å². The average molecular weight is 330 g/mol. The number of nitrogens with zero attached hydrogens (tertiary/aromatic N) is 2. The topological polar surface area (TPSA) is 55.6 Å². The first-order chi connectivity index (χ1) is 11.4. The van der Waals surface area contributed by atoms with Crippen molar-refractivity contribution in [3.8, 4) is 0 Å². The fourth-order valence-electron chi connectivity index (χ4n) is 3.12. The van der Waals surface area contributed by atoms with Crippen molar-refractivity contribution in [1.82, 2.24) is 0 Å². The van der Waals surface area contributed by atoms with Crippen molar-refractivity contribution in [2.75, 3.05) is 18.0 Å². The molecule has 126 valence electrons. The van der Waals surface area contributed by atoms with Crippen LogP contribution < -0.4 is 4.90 Å². The van der Waals surface area contributed by atoms with E-state index in [9.17, 15) is 14.5 Å². The van der Waals surface area contributed by atoms with Gasteiger partial charge in [-0.25, -0.2) is 4.39 Å². The first-order valence-electron chi connectivity index (χ1n) is 7.85. The Hall–Kier alpha value is -2.47. The van der Waals surface area contributed by atoms with E-state index in [1.54, 1.807) is 24.3 Å². The van der Waals surface area contributed by atoms with Crippen LogP contribution in [0, 0.1) is 22.9 Å². The molecule has 0 bridgehead atoms. The number of halogens is 1. The molecule has 2 atom stereocenters. The third kappa shape index (κ3) is 3.38. The molecule has 2 aromatic carbocycles. The summed E-state index contributed by atoms with van der Waals surface area (Å²) in [5.74, 6) is -0.273. The number of anilines is 1. The van der Waals surface area contributed by atoms with Gasteiger partial charge in [0.05, 0.1) is 11.0 Å². The molecule has 0 radical (unpaired) electrons. The van der Waals surface area contributed by atoms with Crippen LogP contribution >= 0.6 is 0 Å². The molecule has 0 amide bonds. The van der Waals surface area contributed by atoms with Gasteiger partial charge in [0.1, 0.15) is 11.9 Å². The lowest BCUT2D eigenvalue weighted by Gasteiger charge is -2.39. The van der Waals surface area contributed by atoms with Gasteiger partial charge in [-0.15, -0.1) is 0 Å². The van der Waals surface area contributed by atoms with Gasteiger partial charge in [0.15, 0.2) is 0 Å². The molecular weight excluding hydrogens is 311 g/mol. The third-order valence-electron chi connectivity index (χ3n) is 4.23. The molecule has 1 aliphatic heterocycles. The minimum absolute atomic E-state index is 0.00314. The SMILES string of the molecule is Cc1cc([N+](=O)[O-])ccc1N1CC(C)OC(c2ccc(F)cc2)C1. The minimum Gasteiger partial charge on any atom is -0.367 e. The number of rotatable bonds is 3. The van der Waals surface area contributed by atoms with Crippen molar-refractivity contribution in [3.63, 3.8) is 0 Å². The van der Waals surface area contributed by atoms with E-state index in [0.717, 1.165) is 16.8 Å². The summed E-state index contributed by atoms with van der Waals surface area (Å²) in [6.07, 6.45) is -0.160. The molecule has 0 N–H and O–H groups in total. The number of nitro benzene ring substituents is 1. The Morgan fingerprint density at radius 1 is 1.21 bits per heavy atom. The van der Waals surface area contributed by atoms with E-state index in [-0.39, 0.29) is 28.6 Å². The zero-order chi connectivity index (χ0) is 17.3. The molecule has 1 aliphatic rings. The summed E-state index contributed by atoms with van der Waals surface area (Å²) in [7, 11) is 0. The lowest BCUT2D eigenvalue weighted by molar-refractivity contribution is -0.384. The predicted octanol–water partition coefficient (Wildman–Crippen LogP) is 4.01.